The monoisotopic (exact) mass is 690 g/mol. The number of hydrogen-bond acceptors (Lipinski definition) is 5. The van der Waals surface area contributed by atoms with Crippen LogP contribution in [-0.2, 0) is 6.54 Å². The number of carbonyl (C=O) groups is 2. The first-order valence-corrected chi connectivity index (χ1v) is 10.2. The SMILES string of the molecule is O=C(O)c1c(I)c(NCc2cnc(Cl)s2)c(I)c(C(=O)O)c1I. The maximum atomic E-state index is 11.5. The Hall–Kier alpha value is 0.0700. The summed E-state index contributed by atoms with van der Waals surface area (Å²) in [4.78, 5) is 27.8. The molecule has 23 heavy (non-hydrogen) atoms. The minimum Gasteiger partial charge on any atom is -0.478 e. The van der Waals surface area contributed by atoms with Crippen molar-refractivity contribution in [2.45, 2.75) is 6.54 Å². The van der Waals surface area contributed by atoms with Gasteiger partial charge in [0, 0.05) is 14.6 Å². The highest BCUT2D eigenvalue weighted by molar-refractivity contribution is 14.1. The lowest BCUT2D eigenvalue weighted by Crippen LogP contribution is -2.15. The molecule has 1 aromatic heterocycles. The Labute approximate surface area is 180 Å². The van der Waals surface area contributed by atoms with Gasteiger partial charge >= 0.3 is 11.9 Å². The molecule has 0 fully saturated rings. The highest BCUT2D eigenvalue weighted by Crippen LogP contribution is 2.36. The third-order valence-corrected chi connectivity index (χ3v) is 7.06. The quantitative estimate of drug-likeness (QED) is 0.397. The lowest BCUT2D eigenvalue weighted by atomic mass is 10.1. The van der Waals surface area contributed by atoms with E-state index in [0.717, 1.165) is 4.88 Å². The highest BCUT2D eigenvalue weighted by Gasteiger charge is 2.27. The smallest absolute Gasteiger partial charge is 0.337 e. The van der Waals surface area contributed by atoms with Gasteiger partial charge in [-0.1, -0.05) is 11.6 Å². The van der Waals surface area contributed by atoms with Crippen molar-refractivity contribution in [2.75, 3.05) is 5.32 Å². The number of nitrogens with zero attached hydrogens (tertiary/aromatic N) is 1. The molecule has 0 saturated carbocycles. The van der Waals surface area contributed by atoms with Crippen molar-refractivity contribution in [3.05, 3.63) is 37.4 Å². The van der Waals surface area contributed by atoms with Crippen molar-refractivity contribution in [3.63, 3.8) is 0 Å². The molecule has 0 saturated heterocycles. The fourth-order valence-corrected chi connectivity index (χ4v) is 7.12. The number of carboxylic acids is 2. The van der Waals surface area contributed by atoms with E-state index < -0.39 is 11.9 Å². The minimum atomic E-state index is -1.17. The first kappa shape index (κ1) is 19.4. The molecule has 0 spiro atoms. The zero-order chi connectivity index (χ0) is 17.3. The molecule has 1 heterocycles. The molecule has 0 unspecified atom stereocenters. The number of thiazole rings is 1. The average molecular weight is 690 g/mol. The summed E-state index contributed by atoms with van der Waals surface area (Å²) >= 11 is 12.7. The summed E-state index contributed by atoms with van der Waals surface area (Å²) in [5.74, 6) is -2.33. The molecule has 6 nitrogen and oxygen atoms in total. The van der Waals surface area contributed by atoms with Crippen molar-refractivity contribution in [2.24, 2.45) is 0 Å². The molecule has 2 aromatic rings. The molecule has 0 amide bonds. The average Bonchev–Trinajstić information content (AvgIpc) is 2.83. The van der Waals surface area contributed by atoms with E-state index in [-0.39, 0.29) is 14.7 Å². The van der Waals surface area contributed by atoms with E-state index >= 15 is 0 Å². The third-order valence-electron chi connectivity index (χ3n) is 2.71. The predicted molar refractivity (Wildman–Crippen MR) is 113 cm³/mol. The number of nitrogens with one attached hydrogen (secondary N) is 1. The number of halogens is 4. The molecule has 0 radical (unpaired) electrons. The molecule has 11 heteroatoms. The van der Waals surface area contributed by atoms with Gasteiger partial charge in [0.1, 0.15) is 0 Å². The molecular formula is C12H6ClI3N2O4S. The van der Waals surface area contributed by atoms with Crippen LogP contribution in [0, 0.1) is 10.7 Å². The maximum Gasteiger partial charge on any atom is 0.337 e. The fourth-order valence-electron chi connectivity index (χ4n) is 1.74. The molecule has 2 rings (SSSR count). The second-order valence-electron chi connectivity index (χ2n) is 4.11. The summed E-state index contributed by atoms with van der Waals surface area (Å²) in [5.41, 5.74) is 0.439. The molecule has 3 N–H and O–H groups in total. The first-order valence-electron chi connectivity index (χ1n) is 5.75. The molecule has 0 aliphatic carbocycles. The Morgan fingerprint density at radius 2 is 1.65 bits per heavy atom. The highest BCUT2D eigenvalue weighted by atomic mass is 127. The van der Waals surface area contributed by atoms with Gasteiger partial charge in [-0.25, -0.2) is 14.6 Å². The van der Waals surface area contributed by atoms with E-state index in [1.54, 1.807) is 28.8 Å². The number of carboxylic acid groups (broad SMARTS) is 2. The zero-order valence-corrected chi connectivity index (χ0v) is 18.9. The van der Waals surface area contributed by atoms with Crippen LogP contribution in [0.2, 0.25) is 4.47 Å². The second-order valence-corrected chi connectivity index (χ2v) is 9.04. The van der Waals surface area contributed by atoms with E-state index in [4.69, 9.17) is 11.6 Å². The fraction of sp³-hybridized carbons (Fsp3) is 0.0833. The van der Waals surface area contributed by atoms with Gasteiger partial charge in [-0.05, 0) is 67.8 Å². The summed E-state index contributed by atoms with van der Waals surface area (Å²) in [6, 6.07) is 0. The molecule has 0 bridgehead atoms. The molecule has 122 valence electrons. The van der Waals surface area contributed by atoms with Crippen LogP contribution in [0.25, 0.3) is 0 Å². The molecule has 1 aromatic carbocycles. The van der Waals surface area contributed by atoms with Crippen molar-refractivity contribution in [3.8, 4) is 0 Å². The van der Waals surface area contributed by atoms with Gasteiger partial charge in [0.15, 0.2) is 4.47 Å². The van der Waals surface area contributed by atoms with Crippen LogP contribution in [0.5, 0.6) is 0 Å². The predicted octanol–water partition coefficient (Wildman–Crippen LogP) is 4.62. The number of rotatable bonds is 5. The third kappa shape index (κ3) is 4.19. The Morgan fingerprint density at radius 1 is 1.13 bits per heavy atom. The summed E-state index contributed by atoms with van der Waals surface area (Å²) < 4.78 is 1.54. The zero-order valence-electron chi connectivity index (χ0n) is 10.9. The number of benzene rings is 1. The molecule has 0 aliphatic heterocycles. The topological polar surface area (TPSA) is 99.5 Å². The van der Waals surface area contributed by atoms with Crippen LogP contribution < -0.4 is 5.32 Å². The molecule has 0 atom stereocenters. The number of hydrogen-bond donors (Lipinski definition) is 3. The van der Waals surface area contributed by atoms with Gasteiger partial charge in [0.25, 0.3) is 0 Å². The van der Waals surface area contributed by atoms with Gasteiger partial charge in [0.05, 0.1) is 30.5 Å². The normalized spacial score (nSPS) is 10.6. The Balaban J connectivity index is 2.53. The standard InChI is InChI=1S/C12H6ClI3N2O4S/c13-12-18-2-3(23-12)1-17-9-7(15)4(10(19)20)6(14)5(8(9)16)11(21)22/h2,17H,1H2,(H,19,20)(H,21,22). The maximum absolute atomic E-state index is 11.5. The van der Waals surface area contributed by atoms with Crippen LogP contribution in [0.3, 0.4) is 0 Å². The Bertz CT molecular complexity index is 771. The van der Waals surface area contributed by atoms with Crippen LogP contribution in [-0.4, -0.2) is 27.1 Å². The van der Waals surface area contributed by atoms with E-state index in [1.807, 2.05) is 45.2 Å². The van der Waals surface area contributed by atoms with Gasteiger partial charge in [-0.3, -0.25) is 0 Å². The molecular weight excluding hydrogens is 684 g/mol. The van der Waals surface area contributed by atoms with Gasteiger partial charge in [-0.2, -0.15) is 0 Å². The molecule has 0 aliphatic rings. The van der Waals surface area contributed by atoms with Crippen LogP contribution >= 0.6 is 90.7 Å². The van der Waals surface area contributed by atoms with Gasteiger partial charge < -0.3 is 15.5 Å². The van der Waals surface area contributed by atoms with Crippen molar-refractivity contribution >= 4 is 108 Å². The van der Waals surface area contributed by atoms with E-state index in [2.05, 4.69) is 10.3 Å². The van der Waals surface area contributed by atoms with E-state index in [9.17, 15) is 19.8 Å². The van der Waals surface area contributed by atoms with E-state index in [1.165, 1.54) is 11.3 Å². The Kier molecular flexibility index (Phi) is 6.72. The van der Waals surface area contributed by atoms with Crippen LogP contribution in [0.4, 0.5) is 5.69 Å². The van der Waals surface area contributed by atoms with Crippen molar-refractivity contribution in [1.82, 2.24) is 4.98 Å². The van der Waals surface area contributed by atoms with Gasteiger partial charge in [-0.15, -0.1) is 11.3 Å². The van der Waals surface area contributed by atoms with Crippen LogP contribution in [0.15, 0.2) is 6.20 Å². The summed E-state index contributed by atoms with van der Waals surface area (Å²) in [7, 11) is 0. The van der Waals surface area contributed by atoms with Crippen LogP contribution in [0.1, 0.15) is 25.6 Å². The lowest BCUT2D eigenvalue weighted by molar-refractivity contribution is 0.0694. The first-order chi connectivity index (χ1) is 10.7. The number of aromatic carboxylic acids is 2. The lowest BCUT2D eigenvalue weighted by Gasteiger charge is -2.16. The minimum absolute atomic E-state index is 0.0196. The summed E-state index contributed by atoms with van der Waals surface area (Å²) in [6.45, 7) is 0.370. The number of anilines is 1. The largest absolute Gasteiger partial charge is 0.478 e. The number of aromatic nitrogens is 1. The van der Waals surface area contributed by atoms with Crippen molar-refractivity contribution < 1.29 is 19.8 Å². The second kappa shape index (κ2) is 7.97. The van der Waals surface area contributed by atoms with E-state index in [0.29, 0.717) is 23.8 Å². The van der Waals surface area contributed by atoms with Gasteiger partial charge in [0.2, 0.25) is 0 Å². The summed E-state index contributed by atoms with van der Waals surface area (Å²) in [6.07, 6.45) is 1.61. The Morgan fingerprint density at radius 3 is 2.04 bits per heavy atom. The van der Waals surface area contributed by atoms with Crippen molar-refractivity contribution in [1.29, 1.82) is 0 Å². The summed E-state index contributed by atoms with van der Waals surface area (Å²) in [5, 5.41) is 21.9.